The zero-order valence-electron chi connectivity index (χ0n) is 12.7. The zero-order chi connectivity index (χ0) is 13.9. The molecule has 0 aliphatic carbocycles. The molecule has 2 N–H and O–H groups in total. The van der Waals surface area contributed by atoms with Crippen molar-refractivity contribution in [1.82, 2.24) is 25.1 Å². The van der Waals surface area contributed by atoms with E-state index in [0.29, 0.717) is 0 Å². The first-order chi connectivity index (χ1) is 8.99. The van der Waals surface area contributed by atoms with Crippen LogP contribution in [0.15, 0.2) is 6.33 Å². The topological polar surface area (TPSA) is 47.2 Å². The number of hydrogen-bond donors (Lipinski definition) is 2. The highest BCUT2D eigenvalue weighted by molar-refractivity contribution is 5.08. The van der Waals surface area contributed by atoms with E-state index in [4.69, 9.17) is 0 Å². The Balaban J connectivity index is 1.79. The molecule has 1 aromatic rings. The molecule has 5 nitrogen and oxygen atoms in total. The molecule has 108 valence electrons. The number of aromatic amines is 1. The van der Waals surface area contributed by atoms with Crippen LogP contribution in [0.4, 0.5) is 0 Å². The number of H-pyrrole nitrogens is 1. The lowest BCUT2D eigenvalue weighted by Gasteiger charge is -2.43. The van der Waals surface area contributed by atoms with Crippen LogP contribution in [0.1, 0.15) is 25.2 Å². The summed E-state index contributed by atoms with van der Waals surface area (Å²) in [5.74, 6) is 0. The van der Waals surface area contributed by atoms with Gasteiger partial charge < -0.3 is 15.2 Å². The standard InChI is InChI=1S/C14H27N5/c1-12-13(17-11-16-12)9-15-10-14(2,3)19-7-5-18(4)6-8-19/h11,15H,5-10H2,1-4H3,(H,16,17). The summed E-state index contributed by atoms with van der Waals surface area (Å²) in [7, 11) is 2.20. The first kappa shape index (κ1) is 14.5. The van der Waals surface area contributed by atoms with Crippen molar-refractivity contribution in [2.75, 3.05) is 39.8 Å². The molecule has 0 saturated carbocycles. The van der Waals surface area contributed by atoms with Gasteiger partial charge >= 0.3 is 0 Å². The molecule has 0 aromatic carbocycles. The van der Waals surface area contributed by atoms with Crippen molar-refractivity contribution in [3.63, 3.8) is 0 Å². The molecule has 5 heteroatoms. The number of aryl methyl sites for hydroxylation is 1. The molecule has 0 bridgehead atoms. The summed E-state index contributed by atoms with van der Waals surface area (Å²) in [5.41, 5.74) is 2.48. The van der Waals surface area contributed by atoms with Crippen LogP contribution in [-0.4, -0.2) is 65.1 Å². The zero-order valence-corrected chi connectivity index (χ0v) is 12.7. The molecule has 1 aromatic heterocycles. The first-order valence-electron chi connectivity index (χ1n) is 7.12. The minimum absolute atomic E-state index is 0.200. The average molecular weight is 265 g/mol. The Morgan fingerprint density at radius 2 is 2.00 bits per heavy atom. The third-order valence-corrected chi connectivity index (χ3v) is 4.14. The van der Waals surface area contributed by atoms with Crippen LogP contribution in [0.5, 0.6) is 0 Å². The van der Waals surface area contributed by atoms with Crippen LogP contribution in [0.2, 0.25) is 0 Å². The van der Waals surface area contributed by atoms with Crippen molar-refractivity contribution in [1.29, 1.82) is 0 Å². The van der Waals surface area contributed by atoms with Gasteiger partial charge in [-0.2, -0.15) is 0 Å². The second-order valence-corrected chi connectivity index (χ2v) is 6.18. The molecule has 1 saturated heterocycles. The lowest BCUT2D eigenvalue weighted by Crippen LogP contribution is -2.57. The summed E-state index contributed by atoms with van der Waals surface area (Å²) < 4.78 is 0. The number of piperazine rings is 1. The van der Waals surface area contributed by atoms with Gasteiger partial charge in [0.15, 0.2) is 0 Å². The second-order valence-electron chi connectivity index (χ2n) is 6.18. The highest BCUT2D eigenvalue weighted by atomic mass is 15.3. The van der Waals surface area contributed by atoms with Crippen LogP contribution >= 0.6 is 0 Å². The number of aromatic nitrogens is 2. The summed E-state index contributed by atoms with van der Waals surface area (Å²) in [6, 6.07) is 0. The van der Waals surface area contributed by atoms with Crippen molar-refractivity contribution >= 4 is 0 Å². The maximum absolute atomic E-state index is 4.32. The monoisotopic (exact) mass is 265 g/mol. The van der Waals surface area contributed by atoms with E-state index in [2.05, 4.69) is 52.9 Å². The third kappa shape index (κ3) is 3.78. The van der Waals surface area contributed by atoms with E-state index in [1.54, 1.807) is 6.33 Å². The van der Waals surface area contributed by atoms with E-state index in [1.807, 2.05) is 0 Å². The molecule has 19 heavy (non-hydrogen) atoms. The van der Waals surface area contributed by atoms with Gasteiger partial charge in [0.05, 0.1) is 12.0 Å². The van der Waals surface area contributed by atoms with Crippen molar-refractivity contribution in [3.05, 3.63) is 17.7 Å². The quantitative estimate of drug-likeness (QED) is 0.828. The van der Waals surface area contributed by atoms with Crippen molar-refractivity contribution in [3.8, 4) is 0 Å². The molecule has 1 fully saturated rings. The Morgan fingerprint density at radius 3 is 2.58 bits per heavy atom. The van der Waals surface area contributed by atoms with Crippen LogP contribution < -0.4 is 5.32 Å². The molecule has 0 atom stereocenters. The van der Waals surface area contributed by atoms with Crippen molar-refractivity contribution in [2.24, 2.45) is 0 Å². The maximum Gasteiger partial charge on any atom is 0.0925 e. The molecule has 0 unspecified atom stereocenters. The first-order valence-corrected chi connectivity index (χ1v) is 7.12. The smallest absolute Gasteiger partial charge is 0.0925 e. The van der Waals surface area contributed by atoms with Gasteiger partial charge in [0.1, 0.15) is 0 Å². The van der Waals surface area contributed by atoms with Crippen molar-refractivity contribution in [2.45, 2.75) is 32.9 Å². The molecule has 1 aliphatic rings. The summed E-state index contributed by atoms with van der Waals surface area (Å²) in [6.45, 7) is 13.2. The average Bonchev–Trinajstić information content (AvgIpc) is 2.75. The van der Waals surface area contributed by atoms with E-state index in [1.165, 1.54) is 13.1 Å². The predicted octanol–water partition coefficient (Wildman–Crippen LogP) is 0.834. The number of nitrogens with one attached hydrogen (secondary N) is 2. The summed E-state index contributed by atoms with van der Waals surface area (Å²) in [4.78, 5) is 12.4. The Kier molecular flexibility index (Phi) is 4.60. The molecule has 1 aliphatic heterocycles. The Bertz CT molecular complexity index is 390. The van der Waals surface area contributed by atoms with Gasteiger partial charge in [-0.25, -0.2) is 4.98 Å². The number of imidazole rings is 1. The number of rotatable bonds is 5. The number of hydrogen-bond acceptors (Lipinski definition) is 4. The van der Waals surface area contributed by atoms with E-state index in [0.717, 1.165) is 37.6 Å². The van der Waals surface area contributed by atoms with Gasteiger partial charge in [0.2, 0.25) is 0 Å². The van der Waals surface area contributed by atoms with Crippen LogP contribution in [0.25, 0.3) is 0 Å². The third-order valence-electron chi connectivity index (χ3n) is 4.14. The fourth-order valence-electron chi connectivity index (χ4n) is 2.58. The molecule has 0 radical (unpaired) electrons. The Morgan fingerprint density at radius 1 is 1.32 bits per heavy atom. The summed E-state index contributed by atoms with van der Waals surface area (Å²) in [6.07, 6.45) is 1.76. The Hall–Kier alpha value is -0.910. The fourth-order valence-corrected chi connectivity index (χ4v) is 2.58. The van der Waals surface area contributed by atoms with E-state index in [-0.39, 0.29) is 5.54 Å². The van der Waals surface area contributed by atoms with E-state index >= 15 is 0 Å². The highest BCUT2D eigenvalue weighted by Gasteiger charge is 2.28. The van der Waals surface area contributed by atoms with Gasteiger partial charge in [-0.05, 0) is 27.8 Å². The predicted molar refractivity (Wildman–Crippen MR) is 78.2 cm³/mol. The van der Waals surface area contributed by atoms with Crippen LogP contribution in [-0.2, 0) is 6.54 Å². The van der Waals surface area contributed by atoms with Crippen LogP contribution in [0.3, 0.4) is 0 Å². The second kappa shape index (κ2) is 6.03. The van der Waals surface area contributed by atoms with Crippen molar-refractivity contribution < 1.29 is 0 Å². The van der Waals surface area contributed by atoms with Gasteiger partial charge in [0.25, 0.3) is 0 Å². The minimum Gasteiger partial charge on any atom is -0.348 e. The van der Waals surface area contributed by atoms with E-state index < -0.39 is 0 Å². The fraction of sp³-hybridized carbons (Fsp3) is 0.786. The largest absolute Gasteiger partial charge is 0.348 e. The maximum atomic E-state index is 4.32. The summed E-state index contributed by atoms with van der Waals surface area (Å²) >= 11 is 0. The SMILES string of the molecule is Cc1[nH]cnc1CNCC(C)(C)N1CCN(C)CC1. The van der Waals surface area contributed by atoms with E-state index in [9.17, 15) is 0 Å². The van der Waals surface area contributed by atoms with Gasteiger partial charge in [-0.3, -0.25) is 4.90 Å². The molecule has 2 heterocycles. The highest BCUT2D eigenvalue weighted by Crippen LogP contribution is 2.15. The van der Waals surface area contributed by atoms with Gasteiger partial charge in [-0.1, -0.05) is 0 Å². The summed E-state index contributed by atoms with van der Waals surface area (Å²) in [5, 5.41) is 3.54. The lowest BCUT2D eigenvalue weighted by atomic mass is 10.0. The van der Waals surface area contributed by atoms with Crippen LogP contribution in [0, 0.1) is 6.92 Å². The minimum atomic E-state index is 0.200. The number of nitrogens with zero attached hydrogens (tertiary/aromatic N) is 3. The normalized spacial score (nSPS) is 18.9. The molecule has 0 amide bonds. The molecule has 2 rings (SSSR count). The Labute approximate surface area is 116 Å². The lowest BCUT2D eigenvalue weighted by molar-refractivity contribution is 0.0617. The molecule has 0 spiro atoms. The van der Waals surface area contributed by atoms with Gasteiger partial charge in [-0.15, -0.1) is 0 Å². The van der Waals surface area contributed by atoms with Gasteiger partial charge in [0, 0.05) is 50.5 Å². The molecular formula is C14H27N5. The molecular weight excluding hydrogens is 238 g/mol. The number of likely N-dealkylation sites (N-methyl/N-ethyl adjacent to an activating group) is 1.